The molecule has 0 N–H and O–H groups in total. The molecular weight excluding hydrogens is 302 g/mol. The highest BCUT2D eigenvalue weighted by atomic mass is 32.2. The summed E-state index contributed by atoms with van der Waals surface area (Å²) in [5.74, 6) is -1.62. The van der Waals surface area contributed by atoms with E-state index in [0.29, 0.717) is 10.7 Å². The van der Waals surface area contributed by atoms with Crippen molar-refractivity contribution in [2.45, 2.75) is 45.4 Å². The monoisotopic (exact) mass is 323 g/mol. The van der Waals surface area contributed by atoms with Gasteiger partial charge in [0.1, 0.15) is 0 Å². The molecule has 5 nitrogen and oxygen atoms in total. The van der Waals surface area contributed by atoms with Crippen molar-refractivity contribution in [3.05, 3.63) is 35.4 Å². The van der Waals surface area contributed by atoms with Crippen molar-refractivity contribution in [3.63, 3.8) is 0 Å². The molecule has 0 aliphatic carbocycles. The Bertz CT molecular complexity index is 631. The number of carbonyl (C=O) groups is 2. The molecule has 0 aromatic heterocycles. The maximum Gasteiger partial charge on any atom is 0.275 e. The number of hydrogen-bond acceptors (Lipinski definition) is 4. The van der Waals surface area contributed by atoms with Crippen molar-refractivity contribution in [1.29, 1.82) is 0 Å². The Hall–Kier alpha value is -1.69. The Morgan fingerprint density at radius 3 is 1.91 bits per heavy atom. The number of fused-ring (bicyclic) bond motifs is 1. The standard InChI is InChI=1S/C16H21NO4S/c1-2-3-4-5-6-9-12-22(20,21)17-15(18)13-10-7-8-11-14(13)16(17)19/h7-8,10-11H,2-6,9,12H2,1H3. The first-order chi connectivity index (χ1) is 10.5. The quantitative estimate of drug-likeness (QED) is 0.544. The number of amides is 2. The van der Waals surface area contributed by atoms with E-state index in [4.69, 9.17) is 0 Å². The van der Waals surface area contributed by atoms with Gasteiger partial charge in [0.05, 0.1) is 16.9 Å². The highest BCUT2D eigenvalue weighted by Crippen LogP contribution is 2.25. The average molecular weight is 323 g/mol. The van der Waals surface area contributed by atoms with Crippen molar-refractivity contribution in [2.24, 2.45) is 0 Å². The zero-order valence-electron chi connectivity index (χ0n) is 12.7. The van der Waals surface area contributed by atoms with Gasteiger partial charge in [-0.1, -0.05) is 51.2 Å². The summed E-state index contributed by atoms with van der Waals surface area (Å²) in [5, 5.41) is 0. The first-order valence-corrected chi connectivity index (χ1v) is 9.30. The number of hydrogen-bond donors (Lipinski definition) is 0. The second-order valence-electron chi connectivity index (χ2n) is 5.50. The van der Waals surface area contributed by atoms with Gasteiger partial charge in [0.2, 0.25) is 10.0 Å². The molecular formula is C16H21NO4S. The summed E-state index contributed by atoms with van der Waals surface area (Å²) in [6.07, 6.45) is 5.61. The van der Waals surface area contributed by atoms with Crippen LogP contribution in [0.2, 0.25) is 0 Å². The molecule has 6 heteroatoms. The Kier molecular flexibility index (Phi) is 5.34. The fraction of sp³-hybridized carbons (Fsp3) is 0.500. The van der Waals surface area contributed by atoms with E-state index in [2.05, 4.69) is 6.92 Å². The minimum Gasteiger partial charge on any atom is -0.267 e. The maximum atomic E-state index is 12.3. The zero-order chi connectivity index (χ0) is 16.2. The van der Waals surface area contributed by atoms with Crippen molar-refractivity contribution in [1.82, 2.24) is 4.31 Å². The zero-order valence-corrected chi connectivity index (χ0v) is 13.6. The van der Waals surface area contributed by atoms with Crippen LogP contribution in [-0.2, 0) is 10.0 Å². The molecule has 0 bridgehead atoms. The molecule has 120 valence electrons. The van der Waals surface area contributed by atoms with Gasteiger partial charge in [-0.2, -0.15) is 4.31 Å². The van der Waals surface area contributed by atoms with Crippen LogP contribution < -0.4 is 0 Å². The minimum atomic E-state index is -3.88. The van der Waals surface area contributed by atoms with Crippen LogP contribution in [0.15, 0.2) is 24.3 Å². The SMILES string of the molecule is CCCCCCCCS(=O)(=O)N1C(=O)c2ccccc2C1=O. The fourth-order valence-corrected chi connectivity index (χ4v) is 4.03. The molecule has 1 heterocycles. The third-order valence-electron chi connectivity index (χ3n) is 3.79. The van der Waals surface area contributed by atoms with E-state index in [1.54, 1.807) is 12.1 Å². The number of benzene rings is 1. The topological polar surface area (TPSA) is 71.5 Å². The third kappa shape index (κ3) is 3.38. The molecule has 1 aliphatic rings. The van der Waals surface area contributed by atoms with Crippen LogP contribution in [-0.4, -0.2) is 30.3 Å². The van der Waals surface area contributed by atoms with E-state index in [1.807, 2.05) is 0 Å². The molecule has 22 heavy (non-hydrogen) atoms. The van der Waals surface area contributed by atoms with Crippen LogP contribution in [0.5, 0.6) is 0 Å². The molecule has 2 rings (SSSR count). The summed E-state index contributed by atoms with van der Waals surface area (Å²) in [6.45, 7) is 2.12. The molecule has 0 unspecified atom stereocenters. The van der Waals surface area contributed by atoms with Crippen LogP contribution in [0.1, 0.15) is 66.2 Å². The molecule has 1 aromatic rings. The summed E-state index contributed by atoms with van der Waals surface area (Å²) < 4.78 is 25.0. The number of unbranched alkanes of at least 4 members (excludes halogenated alkanes) is 5. The fourth-order valence-electron chi connectivity index (χ4n) is 2.58. The summed E-state index contributed by atoms with van der Waals surface area (Å²) >= 11 is 0. The first-order valence-electron chi connectivity index (χ1n) is 7.69. The van der Waals surface area contributed by atoms with E-state index >= 15 is 0 Å². The average Bonchev–Trinajstić information content (AvgIpc) is 2.75. The second-order valence-corrected chi connectivity index (χ2v) is 7.44. The highest BCUT2D eigenvalue weighted by Gasteiger charge is 2.42. The molecule has 0 atom stereocenters. The van der Waals surface area contributed by atoms with Gasteiger partial charge in [-0.15, -0.1) is 0 Å². The molecule has 1 aromatic carbocycles. The lowest BCUT2D eigenvalue weighted by atomic mass is 10.1. The van der Waals surface area contributed by atoms with Gasteiger partial charge < -0.3 is 0 Å². The molecule has 0 spiro atoms. The second kappa shape index (κ2) is 7.05. The van der Waals surface area contributed by atoms with Gasteiger partial charge in [0.25, 0.3) is 11.8 Å². The van der Waals surface area contributed by atoms with Crippen LogP contribution in [0.25, 0.3) is 0 Å². The Morgan fingerprint density at radius 1 is 0.864 bits per heavy atom. The predicted octanol–water partition coefficient (Wildman–Crippen LogP) is 2.97. The molecule has 0 fully saturated rings. The number of imide groups is 1. The maximum absolute atomic E-state index is 12.3. The summed E-state index contributed by atoms with van der Waals surface area (Å²) in [6, 6.07) is 6.20. The van der Waals surface area contributed by atoms with Gasteiger partial charge in [0.15, 0.2) is 0 Å². The van der Waals surface area contributed by atoms with Gasteiger partial charge in [0, 0.05) is 0 Å². The summed E-state index contributed by atoms with van der Waals surface area (Å²) in [5.41, 5.74) is 0.332. The number of sulfonamides is 1. The predicted molar refractivity (Wildman–Crippen MR) is 84.1 cm³/mol. The first kappa shape index (κ1) is 16.7. The van der Waals surface area contributed by atoms with E-state index in [1.165, 1.54) is 12.1 Å². The van der Waals surface area contributed by atoms with Gasteiger partial charge >= 0.3 is 0 Å². The van der Waals surface area contributed by atoms with Crippen LogP contribution in [0.4, 0.5) is 0 Å². The lowest BCUT2D eigenvalue weighted by Gasteiger charge is -2.14. The number of nitrogens with zero attached hydrogens (tertiary/aromatic N) is 1. The third-order valence-corrected chi connectivity index (χ3v) is 5.48. The molecule has 0 saturated heterocycles. The van der Waals surface area contributed by atoms with Crippen molar-refractivity contribution in [3.8, 4) is 0 Å². The largest absolute Gasteiger partial charge is 0.275 e. The van der Waals surface area contributed by atoms with Crippen molar-refractivity contribution >= 4 is 21.8 Å². The Morgan fingerprint density at radius 2 is 1.36 bits per heavy atom. The minimum absolute atomic E-state index is 0.162. The van der Waals surface area contributed by atoms with Crippen LogP contribution in [0, 0.1) is 0 Å². The van der Waals surface area contributed by atoms with E-state index < -0.39 is 21.8 Å². The molecule has 1 aliphatic heterocycles. The van der Waals surface area contributed by atoms with E-state index in [0.717, 1.165) is 32.1 Å². The molecule has 0 radical (unpaired) electrons. The van der Waals surface area contributed by atoms with Gasteiger partial charge in [-0.25, -0.2) is 8.42 Å². The van der Waals surface area contributed by atoms with E-state index in [-0.39, 0.29) is 16.9 Å². The lowest BCUT2D eigenvalue weighted by molar-refractivity contribution is 0.0765. The lowest BCUT2D eigenvalue weighted by Crippen LogP contribution is -2.37. The van der Waals surface area contributed by atoms with Crippen molar-refractivity contribution < 1.29 is 18.0 Å². The normalized spacial score (nSPS) is 14.5. The summed E-state index contributed by atoms with van der Waals surface area (Å²) in [4.78, 5) is 24.3. The Balaban J connectivity index is 1.99. The van der Waals surface area contributed by atoms with Gasteiger partial charge in [-0.3, -0.25) is 9.59 Å². The number of carbonyl (C=O) groups excluding carboxylic acids is 2. The van der Waals surface area contributed by atoms with Crippen LogP contribution >= 0.6 is 0 Å². The smallest absolute Gasteiger partial charge is 0.267 e. The molecule has 0 saturated carbocycles. The highest BCUT2D eigenvalue weighted by molar-refractivity contribution is 7.90. The van der Waals surface area contributed by atoms with Crippen molar-refractivity contribution in [2.75, 3.05) is 5.75 Å². The van der Waals surface area contributed by atoms with E-state index in [9.17, 15) is 18.0 Å². The molecule has 2 amide bonds. The van der Waals surface area contributed by atoms with Gasteiger partial charge in [-0.05, 0) is 18.6 Å². The Labute approximate surface area is 131 Å². The summed E-state index contributed by atoms with van der Waals surface area (Å²) in [7, 11) is -3.88. The number of rotatable bonds is 8. The van der Waals surface area contributed by atoms with Crippen LogP contribution in [0.3, 0.4) is 0 Å².